The highest BCUT2D eigenvalue weighted by Crippen LogP contribution is 2.41. The van der Waals surface area contributed by atoms with E-state index in [4.69, 9.17) is 5.73 Å². The molecule has 0 spiro atoms. The highest BCUT2D eigenvalue weighted by atomic mass is 16.2. The number of carbonyl (C=O) groups is 1. The van der Waals surface area contributed by atoms with Gasteiger partial charge in [0.1, 0.15) is 0 Å². The van der Waals surface area contributed by atoms with Gasteiger partial charge < -0.3 is 11.1 Å². The third-order valence-corrected chi connectivity index (χ3v) is 4.49. The average molecular weight is 291 g/mol. The zero-order chi connectivity index (χ0) is 15.0. The molecule has 0 aromatic carbocycles. The summed E-state index contributed by atoms with van der Waals surface area (Å²) in [4.78, 5) is 14.4. The van der Waals surface area contributed by atoms with Gasteiger partial charge in [0.2, 0.25) is 5.91 Å². The van der Waals surface area contributed by atoms with Crippen molar-refractivity contribution in [2.45, 2.75) is 50.7 Å². The van der Waals surface area contributed by atoms with Gasteiger partial charge in [-0.25, -0.2) is 0 Å². The second-order valence-corrected chi connectivity index (χ2v) is 6.29. The largest absolute Gasteiger partial charge is 0.355 e. The molecule has 21 heavy (non-hydrogen) atoms. The fourth-order valence-corrected chi connectivity index (χ4v) is 3.39. The number of aryl methyl sites for hydroxylation is 1. The molecule has 1 aromatic heterocycles. The van der Waals surface area contributed by atoms with Gasteiger partial charge in [0.05, 0.1) is 12.2 Å². The van der Waals surface area contributed by atoms with Crippen molar-refractivity contribution in [3.63, 3.8) is 0 Å². The third-order valence-electron chi connectivity index (χ3n) is 4.49. The van der Waals surface area contributed by atoms with Crippen molar-refractivity contribution >= 4 is 5.91 Å². The Balaban J connectivity index is 1.75. The van der Waals surface area contributed by atoms with Gasteiger partial charge in [0.25, 0.3) is 0 Å². The Hall–Kier alpha value is -1.40. The van der Waals surface area contributed by atoms with Gasteiger partial charge in [0, 0.05) is 49.9 Å². The summed E-state index contributed by atoms with van der Waals surface area (Å²) in [5.41, 5.74) is 8.67. The Morgan fingerprint density at radius 1 is 1.52 bits per heavy atom. The molecule has 1 aromatic rings. The van der Waals surface area contributed by atoms with Gasteiger partial charge in [-0.3, -0.25) is 14.4 Å². The Bertz CT molecular complexity index is 522. The van der Waals surface area contributed by atoms with Gasteiger partial charge in [-0.05, 0) is 26.2 Å². The van der Waals surface area contributed by atoms with E-state index >= 15 is 0 Å². The van der Waals surface area contributed by atoms with Crippen LogP contribution < -0.4 is 11.1 Å². The molecule has 6 heteroatoms. The maximum absolute atomic E-state index is 12.2. The first-order valence-electron chi connectivity index (χ1n) is 7.88. The van der Waals surface area contributed by atoms with E-state index in [1.807, 2.05) is 24.9 Å². The molecule has 1 amide bonds. The Kier molecular flexibility index (Phi) is 3.99. The monoisotopic (exact) mass is 291 g/mol. The summed E-state index contributed by atoms with van der Waals surface area (Å²) in [5.74, 6) is 0.758. The maximum atomic E-state index is 12.2. The van der Waals surface area contributed by atoms with Crippen molar-refractivity contribution in [1.29, 1.82) is 0 Å². The van der Waals surface area contributed by atoms with Crippen LogP contribution in [0.2, 0.25) is 0 Å². The molecular formula is C15H25N5O. The number of nitrogens with two attached hydrogens (primary N) is 1. The molecule has 116 valence electrons. The molecule has 2 aliphatic rings. The molecule has 1 saturated heterocycles. The number of hydrogen-bond acceptors (Lipinski definition) is 4. The molecule has 0 radical (unpaired) electrons. The summed E-state index contributed by atoms with van der Waals surface area (Å²) in [5, 5.41) is 7.33. The van der Waals surface area contributed by atoms with E-state index in [9.17, 15) is 4.79 Å². The van der Waals surface area contributed by atoms with E-state index < -0.39 is 0 Å². The SMILES string of the molecule is CCNC(=O)[C@@H]1C[C@H](N)CN1Cc1cnn(C)c1C1CC1. The number of rotatable bonds is 5. The third kappa shape index (κ3) is 2.96. The quantitative estimate of drug-likeness (QED) is 0.820. The lowest BCUT2D eigenvalue weighted by molar-refractivity contribution is -0.125. The molecule has 3 N–H and O–H groups in total. The average Bonchev–Trinajstić information content (AvgIpc) is 3.11. The predicted molar refractivity (Wildman–Crippen MR) is 80.7 cm³/mol. The van der Waals surface area contributed by atoms with Gasteiger partial charge in [0.15, 0.2) is 0 Å². The minimum absolute atomic E-state index is 0.0821. The van der Waals surface area contributed by atoms with Crippen LogP contribution >= 0.6 is 0 Å². The van der Waals surface area contributed by atoms with Crippen LogP contribution in [0.5, 0.6) is 0 Å². The summed E-state index contributed by atoms with van der Waals surface area (Å²) in [6.45, 7) is 4.16. The summed E-state index contributed by atoms with van der Waals surface area (Å²) in [6, 6.07) is -0.0224. The van der Waals surface area contributed by atoms with Gasteiger partial charge >= 0.3 is 0 Å². The van der Waals surface area contributed by atoms with E-state index in [1.54, 1.807) is 0 Å². The number of likely N-dealkylation sites (tertiary alicyclic amines) is 1. The molecule has 1 aliphatic carbocycles. The van der Waals surface area contributed by atoms with Crippen molar-refractivity contribution in [2.75, 3.05) is 13.1 Å². The molecule has 1 saturated carbocycles. The standard InChI is InChI=1S/C15H25N5O/c1-3-17-15(21)13-6-12(16)9-20(13)8-11-7-18-19(2)14(11)10-4-5-10/h7,10,12-13H,3-6,8-9,16H2,1-2H3,(H,17,21)/t12-,13-/m0/s1. The normalized spacial score (nSPS) is 26.2. The summed E-state index contributed by atoms with van der Waals surface area (Å²) < 4.78 is 1.99. The summed E-state index contributed by atoms with van der Waals surface area (Å²) in [7, 11) is 2.01. The van der Waals surface area contributed by atoms with Crippen molar-refractivity contribution < 1.29 is 4.79 Å². The first-order valence-corrected chi connectivity index (χ1v) is 7.88. The summed E-state index contributed by atoms with van der Waals surface area (Å²) in [6.07, 6.45) is 5.20. The van der Waals surface area contributed by atoms with Crippen molar-refractivity contribution in [3.05, 3.63) is 17.5 Å². The maximum Gasteiger partial charge on any atom is 0.237 e. The lowest BCUT2D eigenvalue weighted by atomic mass is 10.1. The zero-order valence-corrected chi connectivity index (χ0v) is 12.9. The van der Waals surface area contributed by atoms with Crippen LogP contribution in [0.3, 0.4) is 0 Å². The van der Waals surface area contributed by atoms with Gasteiger partial charge in [-0.1, -0.05) is 0 Å². The van der Waals surface area contributed by atoms with Crippen LogP contribution in [0, 0.1) is 0 Å². The second kappa shape index (κ2) is 5.77. The Morgan fingerprint density at radius 3 is 2.95 bits per heavy atom. The van der Waals surface area contributed by atoms with Crippen LogP contribution in [-0.2, 0) is 18.4 Å². The number of nitrogens with zero attached hydrogens (tertiary/aromatic N) is 3. The number of carbonyl (C=O) groups excluding carboxylic acids is 1. The Morgan fingerprint density at radius 2 is 2.29 bits per heavy atom. The molecule has 1 aliphatic heterocycles. The molecule has 0 unspecified atom stereocenters. The topological polar surface area (TPSA) is 76.2 Å². The molecule has 2 atom stereocenters. The van der Waals surface area contributed by atoms with Crippen LogP contribution in [-0.4, -0.2) is 45.8 Å². The van der Waals surface area contributed by atoms with Crippen molar-refractivity contribution in [1.82, 2.24) is 20.0 Å². The number of hydrogen-bond donors (Lipinski definition) is 2. The van der Waals surface area contributed by atoms with Crippen LogP contribution in [0.1, 0.15) is 43.4 Å². The van der Waals surface area contributed by atoms with Crippen LogP contribution in [0.25, 0.3) is 0 Å². The highest BCUT2D eigenvalue weighted by Gasteiger charge is 2.36. The fourth-order valence-electron chi connectivity index (χ4n) is 3.39. The molecule has 0 bridgehead atoms. The first kappa shape index (κ1) is 14.5. The summed E-state index contributed by atoms with van der Waals surface area (Å²) >= 11 is 0. The van der Waals surface area contributed by atoms with Crippen LogP contribution in [0.15, 0.2) is 6.20 Å². The van der Waals surface area contributed by atoms with E-state index in [2.05, 4.69) is 15.3 Å². The zero-order valence-electron chi connectivity index (χ0n) is 12.9. The minimum Gasteiger partial charge on any atom is -0.355 e. The number of amides is 1. The molecule has 6 nitrogen and oxygen atoms in total. The van der Waals surface area contributed by atoms with E-state index in [0.717, 1.165) is 19.5 Å². The number of aromatic nitrogens is 2. The van der Waals surface area contributed by atoms with Gasteiger partial charge in [-0.15, -0.1) is 0 Å². The number of nitrogens with one attached hydrogen (secondary N) is 1. The van der Waals surface area contributed by atoms with E-state index in [1.165, 1.54) is 24.1 Å². The van der Waals surface area contributed by atoms with E-state index in [0.29, 0.717) is 12.5 Å². The van der Waals surface area contributed by atoms with Gasteiger partial charge in [-0.2, -0.15) is 5.10 Å². The second-order valence-electron chi connectivity index (χ2n) is 6.29. The minimum atomic E-state index is -0.104. The Labute approximate surface area is 125 Å². The molecule has 3 rings (SSSR count). The lowest BCUT2D eigenvalue weighted by Crippen LogP contribution is -2.42. The number of likely N-dealkylation sites (N-methyl/N-ethyl adjacent to an activating group) is 1. The molecule has 2 heterocycles. The first-order chi connectivity index (χ1) is 10.1. The van der Waals surface area contributed by atoms with E-state index in [-0.39, 0.29) is 18.0 Å². The fraction of sp³-hybridized carbons (Fsp3) is 0.733. The molecule has 2 fully saturated rings. The lowest BCUT2D eigenvalue weighted by Gasteiger charge is -2.23. The molecular weight excluding hydrogens is 266 g/mol. The predicted octanol–water partition coefficient (Wildman–Crippen LogP) is 0.335. The van der Waals surface area contributed by atoms with Crippen molar-refractivity contribution in [2.24, 2.45) is 12.8 Å². The van der Waals surface area contributed by atoms with Crippen molar-refractivity contribution in [3.8, 4) is 0 Å². The smallest absolute Gasteiger partial charge is 0.237 e. The highest BCUT2D eigenvalue weighted by molar-refractivity contribution is 5.82. The van der Waals surface area contributed by atoms with Crippen LogP contribution in [0.4, 0.5) is 0 Å².